The first-order chi connectivity index (χ1) is 10.7. The van der Waals surface area contributed by atoms with Gasteiger partial charge in [-0.2, -0.15) is 0 Å². The number of rotatable bonds is 6. The third-order valence-corrected chi connectivity index (χ3v) is 4.19. The fraction of sp³-hybridized carbons (Fsp3) is 0.588. The first-order valence-corrected chi connectivity index (χ1v) is 8.14. The molecule has 0 bridgehead atoms. The van der Waals surface area contributed by atoms with Gasteiger partial charge in [0.25, 0.3) is 0 Å². The molecule has 2 rings (SSSR count). The first kappa shape index (κ1) is 16.6. The quantitative estimate of drug-likeness (QED) is 0.816. The van der Waals surface area contributed by atoms with Crippen LogP contribution in [0, 0.1) is 0 Å². The Morgan fingerprint density at radius 3 is 2.55 bits per heavy atom. The summed E-state index contributed by atoms with van der Waals surface area (Å²) in [6.07, 6.45) is 1.28. The Morgan fingerprint density at radius 1 is 1.27 bits per heavy atom. The molecule has 1 aliphatic rings. The Morgan fingerprint density at radius 2 is 1.95 bits per heavy atom. The van der Waals surface area contributed by atoms with Crippen molar-refractivity contribution in [2.45, 2.75) is 26.7 Å². The molecule has 1 aromatic carbocycles. The second kappa shape index (κ2) is 8.03. The zero-order chi connectivity index (χ0) is 15.9. The first-order valence-electron chi connectivity index (χ1n) is 8.14. The van der Waals surface area contributed by atoms with Gasteiger partial charge in [0.2, 0.25) is 5.91 Å². The lowest BCUT2D eigenvalue weighted by Gasteiger charge is -2.30. The van der Waals surface area contributed by atoms with Crippen molar-refractivity contribution in [3.63, 3.8) is 0 Å². The molecular formula is C17H27N3O2. The minimum Gasteiger partial charge on any atom is -0.397 e. The Kier molecular flexibility index (Phi) is 6.07. The highest BCUT2D eigenvalue weighted by atomic mass is 16.5. The second-order valence-corrected chi connectivity index (χ2v) is 5.56. The van der Waals surface area contributed by atoms with E-state index in [1.165, 1.54) is 0 Å². The zero-order valence-electron chi connectivity index (χ0n) is 13.7. The smallest absolute Gasteiger partial charge is 0.222 e. The third-order valence-electron chi connectivity index (χ3n) is 4.19. The minimum absolute atomic E-state index is 0.209. The van der Waals surface area contributed by atoms with Crippen LogP contribution in [-0.4, -0.2) is 50.2 Å². The van der Waals surface area contributed by atoms with Gasteiger partial charge in [-0.15, -0.1) is 0 Å². The molecular weight excluding hydrogens is 278 g/mol. The number of hydrogen-bond acceptors (Lipinski definition) is 4. The third kappa shape index (κ3) is 4.13. The van der Waals surface area contributed by atoms with E-state index in [0.717, 1.165) is 62.8 Å². The molecule has 1 aromatic rings. The molecule has 5 nitrogen and oxygen atoms in total. The van der Waals surface area contributed by atoms with Gasteiger partial charge in [-0.1, -0.05) is 6.07 Å². The molecule has 1 aliphatic heterocycles. The van der Waals surface area contributed by atoms with Gasteiger partial charge in [-0.25, -0.2) is 0 Å². The van der Waals surface area contributed by atoms with Crippen molar-refractivity contribution in [2.24, 2.45) is 0 Å². The van der Waals surface area contributed by atoms with Gasteiger partial charge in [-0.05, 0) is 38.0 Å². The summed E-state index contributed by atoms with van der Waals surface area (Å²) in [7, 11) is 0. The molecule has 2 N–H and O–H groups in total. The number of aryl methyl sites for hydroxylation is 1. The lowest BCUT2D eigenvalue weighted by Crippen LogP contribution is -2.36. The van der Waals surface area contributed by atoms with Crippen LogP contribution in [0.1, 0.15) is 25.8 Å². The molecule has 5 heteroatoms. The maximum atomic E-state index is 12.1. The van der Waals surface area contributed by atoms with Crippen LogP contribution in [0.4, 0.5) is 11.4 Å². The van der Waals surface area contributed by atoms with Crippen LogP contribution in [0.5, 0.6) is 0 Å². The fourth-order valence-corrected chi connectivity index (χ4v) is 2.84. The van der Waals surface area contributed by atoms with Gasteiger partial charge >= 0.3 is 0 Å². The Balaban J connectivity index is 1.95. The van der Waals surface area contributed by atoms with Gasteiger partial charge in [0.1, 0.15) is 0 Å². The van der Waals surface area contributed by atoms with E-state index in [2.05, 4.69) is 17.0 Å². The standard InChI is InChI=1S/C17H27N3O2/c1-3-19(4-2)17(21)8-6-14-5-7-16(15(18)13-14)20-9-11-22-12-10-20/h5,7,13H,3-4,6,8-12,18H2,1-2H3. The molecule has 122 valence electrons. The molecule has 0 aromatic heterocycles. The number of carbonyl (C=O) groups excluding carboxylic acids is 1. The molecule has 22 heavy (non-hydrogen) atoms. The highest BCUT2D eigenvalue weighted by Crippen LogP contribution is 2.25. The average Bonchev–Trinajstić information content (AvgIpc) is 2.55. The van der Waals surface area contributed by atoms with Crippen LogP contribution < -0.4 is 10.6 Å². The lowest BCUT2D eigenvalue weighted by molar-refractivity contribution is -0.130. The van der Waals surface area contributed by atoms with E-state index in [0.29, 0.717) is 6.42 Å². The monoisotopic (exact) mass is 305 g/mol. The van der Waals surface area contributed by atoms with Crippen LogP contribution in [0.15, 0.2) is 18.2 Å². The normalized spacial score (nSPS) is 14.9. The van der Waals surface area contributed by atoms with Crippen molar-refractivity contribution in [1.29, 1.82) is 0 Å². The van der Waals surface area contributed by atoms with Crippen LogP contribution in [0.2, 0.25) is 0 Å². The Labute approximate surface area is 133 Å². The van der Waals surface area contributed by atoms with Crippen LogP contribution in [0.3, 0.4) is 0 Å². The van der Waals surface area contributed by atoms with Gasteiger partial charge < -0.3 is 20.3 Å². The fourth-order valence-electron chi connectivity index (χ4n) is 2.84. The predicted octanol–water partition coefficient (Wildman–Crippen LogP) is 1.91. The number of nitrogen functional groups attached to an aromatic ring is 1. The molecule has 0 aliphatic carbocycles. The Hall–Kier alpha value is -1.75. The number of hydrogen-bond donors (Lipinski definition) is 1. The van der Waals surface area contributed by atoms with E-state index in [1.54, 1.807) is 0 Å². The van der Waals surface area contributed by atoms with Gasteiger partial charge in [0, 0.05) is 32.6 Å². The number of anilines is 2. The van der Waals surface area contributed by atoms with E-state index < -0.39 is 0 Å². The predicted molar refractivity (Wildman–Crippen MR) is 90.1 cm³/mol. The van der Waals surface area contributed by atoms with Gasteiger partial charge in [0.15, 0.2) is 0 Å². The second-order valence-electron chi connectivity index (χ2n) is 5.56. The molecule has 0 saturated carbocycles. The summed E-state index contributed by atoms with van der Waals surface area (Å²) in [5.74, 6) is 0.209. The van der Waals surface area contributed by atoms with Crippen LogP contribution in [-0.2, 0) is 16.0 Å². The maximum absolute atomic E-state index is 12.1. The summed E-state index contributed by atoms with van der Waals surface area (Å²) >= 11 is 0. The maximum Gasteiger partial charge on any atom is 0.222 e. The number of morpholine rings is 1. The molecule has 0 spiro atoms. The lowest BCUT2D eigenvalue weighted by atomic mass is 10.1. The highest BCUT2D eigenvalue weighted by molar-refractivity contribution is 5.76. The van der Waals surface area contributed by atoms with Crippen LogP contribution >= 0.6 is 0 Å². The van der Waals surface area contributed by atoms with E-state index in [1.807, 2.05) is 24.8 Å². The number of nitrogens with zero attached hydrogens (tertiary/aromatic N) is 2. The SMILES string of the molecule is CCN(CC)C(=O)CCc1ccc(N2CCOCC2)c(N)c1. The van der Waals surface area contributed by atoms with Crippen molar-refractivity contribution in [3.05, 3.63) is 23.8 Å². The van der Waals surface area contributed by atoms with Crippen molar-refractivity contribution < 1.29 is 9.53 Å². The van der Waals surface area contributed by atoms with Gasteiger partial charge in [-0.3, -0.25) is 4.79 Å². The topological polar surface area (TPSA) is 58.8 Å². The molecule has 1 saturated heterocycles. The number of benzene rings is 1. The van der Waals surface area contributed by atoms with E-state index in [4.69, 9.17) is 10.5 Å². The summed E-state index contributed by atoms with van der Waals surface area (Å²) in [4.78, 5) is 16.2. The van der Waals surface area contributed by atoms with Crippen molar-refractivity contribution >= 4 is 17.3 Å². The van der Waals surface area contributed by atoms with Crippen molar-refractivity contribution in [2.75, 3.05) is 50.0 Å². The minimum atomic E-state index is 0.209. The van der Waals surface area contributed by atoms with Crippen LogP contribution in [0.25, 0.3) is 0 Å². The summed E-state index contributed by atoms with van der Waals surface area (Å²) in [5, 5.41) is 0. The zero-order valence-corrected chi connectivity index (χ0v) is 13.7. The summed E-state index contributed by atoms with van der Waals surface area (Å²) in [6, 6.07) is 6.15. The summed E-state index contributed by atoms with van der Waals surface area (Å²) in [5.41, 5.74) is 9.17. The van der Waals surface area contributed by atoms with E-state index >= 15 is 0 Å². The largest absolute Gasteiger partial charge is 0.397 e. The molecule has 1 fully saturated rings. The number of ether oxygens (including phenoxy) is 1. The van der Waals surface area contributed by atoms with Gasteiger partial charge in [0.05, 0.1) is 24.6 Å². The van der Waals surface area contributed by atoms with E-state index in [9.17, 15) is 4.79 Å². The summed E-state index contributed by atoms with van der Waals surface area (Å²) in [6.45, 7) is 8.82. The number of nitrogens with two attached hydrogens (primary N) is 1. The highest BCUT2D eigenvalue weighted by Gasteiger charge is 2.14. The van der Waals surface area contributed by atoms with Crippen molar-refractivity contribution in [3.8, 4) is 0 Å². The summed E-state index contributed by atoms with van der Waals surface area (Å²) < 4.78 is 5.37. The molecule has 0 unspecified atom stereocenters. The number of amides is 1. The van der Waals surface area contributed by atoms with E-state index in [-0.39, 0.29) is 5.91 Å². The Bertz CT molecular complexity index is 495. The molecule has 0 atom stereocenters. The molecule has 1 amide bonds. The average molecular weight is 305 g/mol. The number of carbonyl (C=O) groups is 1. The molecule has 1 heterocycles. The molecule has 0 radical (unpaired) electrons. The van der Waals surface area contributed by atoms with Crippen molar-refractivity contribution in [1.82, 2.24) is 4.90 Å².